The van der Waals surface area contributed by atoms with Crippen LogP contribution in [0.15, 0.2) is 51.0 Å². The summed E-state index contributed by atoms with van der Waals surface area (Å²) in [7, 11) is 0. The molecule has 184 valence electrons. The van der Waals surface area contributed by atoms with Crippen molar-refractivity contribution in [1.82, 2.24) is 19.4 Å². The fourth-order valence-corrected chi connectivity index (χ4v) is 5.93. The number of nitrogens with zero attached hydrogens (tertiary/aromatic N) is 3. The molecule has 0 aliphatic heterocycles. The fourth-order valence-electron chi connectivity index (χ4n) is 5.47. The van der Waals surface area contributed by atoms with Crippen LogP contribution < -0.4 is 16.6 Å². The third-order valence-electron chi connectivity index (χ3n) is 7.34. The van der Waals surface area contributed by atoms with E-state index in [1.54, 1.807) is 17.8 Å². The summed E-state index contributed by atoms with van der Waals surface area (Å²) in [4.78, 5) is 44.8. The molecule has 1 aromatic carbocycles. The standard InChI is InChI=1S/C26H29FN4O3S/c1-35-21-8-4-7-20(14-21)30-23-22(13-17(27)15-28-23)25(33)31(26(30)34)19-11-9-18(10-12-19)29-24(32)16-5-2-3-6-16/h4,7-8,13-16,18-19H,2-3,5-6,9-12H2,1H3,(H,29,32). The van der Waals surface area contributed by atoms with E-state index in [0.717, 1.165) is 42.8 Å². The molecule has 2 fully saturated rings. The van der Waals surface area contributed by atoms with E-state index in [4.69, 9.17) is 0 Å². The van der Waals surface area contributed by atoms with Crippen molar-refractivity contribution in [2.75, 3.05) is 6.26 Å². The molecule has 0 saturated heterocycles. The van der Waals surface area contributed by atoms with Crippen LogP contribution >= 0.6 is 11.8 Å². The molecule has 2 aliphatic carbocycles. The summed E-state index contributed by atoms with van der Waals surface area (Å²) in [5.41, 5.74) is -0.267. The minimum atomic E-state index is -0.623. The second-order valence-electron chi connectivity index (χ2n) is 9.51. The summed E-state index contributed by atoms with van der Waals surface area (Å²) in [6.45, 7) is 0. The number of pyridine rings is 1. The topological polar surface area (TPSA) is 86.0 Å². The Balaban J connectivity index is 1.49. The maximum absolute atomic E-state index is 14.1. The predicted octanol–water partition coefficient (Wildman–Crippen LogP) is 4.20. The molecule has 2 saturated carbocycles. The maximum Gasteiger partial charge on any atom is 0.337 e. The number of amides is 1. The number of carbonyl (C=O) groups excluding carboxylic acids is 1. The Labute approximate surface area is 206 Å². The summed E-state index contributed by atoms with van der Waals surface area (Å²) in [6, 6.07) is 8.31. The molecule has 0 radical (unpaired) electrons. The normalized spacial score (nSPS) is 20.9. The lowest BCUT2D eigenvalue weighted by atomic mass is 9.90. The maximum atomic E-state index is 14.1. The number of benzene rings is 1. The van der Waals surface area contributed by atoms with Gasteiger partial charge in [0.25, 0.3) is 5.56 Å². The van der Waals surface area contributed by atoms with Crippen molar-refractivity contribution in [3.8, 4) is 5.69 Å². The summed E-state index contributed by atoms with van der Waals surface area (Å²) in [6.07, 6.45) is 9.65. The van der Waals surface area contributed by atoms with Crippen LogP contribution in [-0.4, -0.2) is 32.3 Å². The van der Waals surface area contributed by atoms with Crippen LogP contribution in [0, 0.1) is 11.7 Å². The molecule has 0 atom stereocenters. The zero-order chi connectivity index (χ0) is 24.5. The van der Waals surface area contributed by atoms with Gasteiger partial charge in [-0.1, -0.05) is 18.9 Å². The lowest BCUT2D eigenvalue weighted by Gasteiger charge is -2.31. The molecule has 2 heterocycles. The van der Waals surface area contributed by atoms with E-state index in [9.17, 15) is 18.8 Å². The number of rotatable bonds is 5. The Bertz CT molecular complexity index is 1370. The van der Waals surface area contributed by atoms with Gasteiger partial charge in [-0.25, -0.2) is 18.7 Å². The third kappa shape index (κ3) is 4.66. The molecule has 2 aliphatic rings. The predicted molar refractivity (Wildman–Crippen MR) is 135 cm³/mol. The van der Waals surface area contributed by atoms with E-state index < -0.39 is 17.1 Å². The first-order valence-corrected chi connectivity index (χ1v) is 13.5. The van der Waals surface area contributed by atoms with Crippen LogP contribution in [0.1, 0.15) is 57.4 Å². The Kier molecular flexibility index (Phi) is 6.77. The molecule has 9 heteroatoms. The zero-order valence-corrected chi connectivity index (χ0v) is 20.5. The Hall–Kier alpha value is -2.94. The van der Waals surface area contributed by atoms with Gasteiger partial charge in [0.1, 0.15) is 5.82 Å². The highest BCUT2D eigenvalue weighted by Gasteiger charge is 2.30. The second kappa shape index (κ2) is 9.97. The molecular weight excluding hydrogens is 467 g/mol. The number of aromatic nitrogens is 3. The van der Waals surface area contributed by atoms with Gasteiger partial charge in [-0.15, -0.1) is 11.8 Å². The molecule has 0 unspecified atom stereocenters. The van der Waals surface area contributed by atoms with Crippen molar-refractivity contribution in [3.63, 3.8) is 0 Å². The monoisotopic (exact) mass is 496 g/mol. The molecule has 2 aromatic heterocycles. The van der Waals surface area contributed by atoms with E-state index >= 15 is 0 Å². The van der Waals surface area contributed by atoms with Crippen LogP contribution in [-0.2, 0) is 4.79 Å². The van der Waals surface area contributed by atoms with Crippen LogP contribution in [0.2, 0.25) is 0 Å². The van der Waals surface area contributed by atoms with Gasteiger partial charge in [0.2, 0.25) is 5.91 Å². The third-order valence-corrected chi connectivity index (χ3v) is 8.06. The van der Waals surface area contributed by atoms with E-state index in [0.29, 0.717) is 31.4 Å². The van der Waals surface area contributed by atoms with Crippen LogP contribution in [0.25, 0.3) is 16.7 Å². The minimum Gasteiger partial charge on any atom is -0.353 e. The van der Waals surface area contributed by atoms with Gasteiger partial charge < -0.3 is 5.32 Å². The second-order valence-corrected chi connectivity index (χ2v) is 10.4. The Morgan fingerprint density at radius 2 is 1.83 bits per heavy atom. The molecule has 0 bridgehead atoms. The van der Waals surface area contributed by atoms with E-state index in [-0.39, 0.29) is 34.9 Å². The van der Waals surface area contributed by atoms with Gasteiger partial charge in [-0.2, -0.15) is 0 Å². The SMILES string of the molecule is CSc1cccc(-n2c(=O)n(C3CCC(NC(=O)C4CCCC4)CC3)c(=O)c3cc(F)cnc32)c1. The van der Waals surface area contributed by atoms with E-state index in [1.807, 2.05) is 24.5 Å². The first-order chi connectivity index (χ1) is 17.0. The van der Waals surface area contributed by atoms with Crippen molar-refractivity contribution < 1.29 is 9.18 Å². The van der Waals surface area contributed by atoms with Gasteiger partial charge in [0, 0.05) is 22.9 Å². The van der Waals surface area contributed by atoms with E-state index in [2.05, 4.69) is 10.3 Å². The molecule has 5 rings (SSSR count). The van der Waals surface area contributed by atoms with Crippen molar-refractivity contribution >= 4 is 28.7 Å². The average Bonchev–Trinajstić information content (AvgIpc) is 3.41. The molecule has 0 spiro atoms. The van der Waals surface area contributed by atoms with Crippen molar-refractivity contribution in [2.24, 2.45) is 5.92 Å². The number of halogens is 1. The number of thioether (sulfide) groups is 1. The summed E-state index contributed by atoms with van der Waals surface area (Å²) in [5, 5.41) is 3.26. The Morgan fingerprint density at radius 3 is 2.54 bits per heavy atom. The molecule has 35 heavy (non-hydrogen) atoms. The van der Waals surface area contributed by atoms with Gasteiger partial charge in [0.05, 0.1) is 17.3 Å². The summed E-state index contributed by atoms with van der Waals surface area (Å²) >= 11 is 1.54. The zero-order valence-electron chi connectivity index (χ0n) is 19.7. The van der Waals surface area contributed by atoms with Crippen molar-refractivity contribution in [2.45, 2.75) is 68.3 Å². The van der Waals surface area contributed by atoms with Crippen molar-refractivity contribution in [1.29, 1.82) is 0 Å². The quantitative estimate of drug-likeness (QED) is 0.535. The smallest absolute Gasteiger partial charge is 0.337 e. The minimum absolute atomic E-state index is 0.0510. The van der Waals surface area contributed by atoms with Gasteiger partial charge in [-0.05, 0) is 69.0 Å². The molecule has 1 N–H and O–H groups in total. The number of hydrogen-bond acceptors (Lipinski definition) is 5. The summed E-state index contributed by atoms with van der Waals surface area (Å²) < 4.78 is 16.8. The number of carbonyl (C=O) groups is 1. The average molecular weight is 497 g/mol. The molecule has 3 aromatic rings. The van der Waals surface area contributed by atoms with Crippen LogP contribution in [0.4, 0.5) is 4.39 Å². The molecule has 7 nitrogen and oxygen atoms in total. The Morgan fingerprint density at radius 1 is 1.09 bits per heavy atom. The van der Waals surface area contributed by atoms with Gasteiger partial charge >= 0.3 is 5.69 Å². The highest BCUT2D eigenvalue weighted by atomic mass is 32.2. The van der Waals surface area contributed by atoms with Crippen LogP contribution in [0.3, 0.4) is 0 Å². The summed E-state index contributed by atoms with van der Waals surface area (Å²) in [5.74, 6) is -0.378. The number of nitrogens with one attached hydrogen (secondary N) is 1. The van der Waals surface area contributed by atoms with Crippen LogP contribution in [0.5, 0.6) is 0 Å². The highest BCUT2D eigenvalue weighted by Crippen LogP contribution is 2.29. The number of fused-ring (bicyclic) bond motifs is 1. The van der Waals surface area contributed by atoms with Gasteiger partial charge in [-0.3, -0.25) is 14.2 Å². The van der Waals surface area contributed by atoms with Gasteiger partial charge in [0.15, 0.2) is 5.65 Å². The lowest BCUT2D eigenvalue weighted by Crippen LogP contribution is -2.45. The largest absolute Gasteiger partial charge is 0.353 e. The highest BCUT2D eigenvalue weighted by molar-refractivity contribution is 7.98. The van der Waals surface area contributed by atoms with E-state index in [1.165, 1.54) is 9.13 Å². The molecule has 1 amide bonds. The van der Waals surface area contributed by atoms with Crippen molar-refractivity contribution in [3.05, 3.63) is 63.2 Å². The lowest BCUT2D eigenvalue weighted by molar-refractivity contribution is -0.125. The fraction of sp³-hybridized carbons (Fsp3) is 0.462. The number of hydrogen-bond donors (Lipinski definition) is 1. The first-order valence-electron chi connectivity index (χ1n) is 12.2. The first kappa shape index (κ1) is 23.8. The molecular formula is C26H29FN4O3S.